The number of halogens is 1. The van der Waals surface area contributed by atoms with E-state index < -0.39 is 6.03 Å². The Morgan fingerprint density at radius 2 is 1.81 bits per heavy atom. The summed E-state index contributed by atoms with van der Waals surface area (Å²) >= 11 is 7.49. The minimum Gasteiger partial charge on any atom is -0.484 e. The van der Waals surface area contributed by atoms with Gasteiger partial charge < -0.3 is 25.6 Å². The second-order valence-corrected chi connectivity index (χ2v) is 13.7. The van der Waals surface area contributed by atoms with E-state index in [-0.39, 0.29) is 30.7 Å². The molecule has 0 saturated carbocycles. The normalized spacial score (nSPS) is 14.9. The highest BCUT2D eigenvalue weighted by Gasteiger charge is 2.24. The van der Waals surface area contributed by atoms with Gasteiger partial charge in [0.2, 0.25) is 5.91 Å². The molecule has 4 aromatic rings. The maximum Gasteiger partial charge on any atom is 0.328 e. The molecular formula is C35H39ClN10O5S. The number of hydrogen-bond donors (Lipinski definition) is 4. The number of carbonyl (C=O) groups excluding carboxylic acids is 4. The van der Waals surface area contributed by atoms with Crippen LogP contribution >= 0.6 is 22.9 Å². The Hall–Kier alpha value is -5.32. The van der Waals surface area contributed by atoms with Crippen LogP contribution in [0.25, 0.3) is 0 Å². The van der Waals surface area contributed by atoms with Crippen molar-refractivity contribution in [3.05, 3.63) is 76.0 Å². The molecule has 272 valence electrons. The van der Waals surface area contributed by atoms with Crippen molar-refractivity contribution in [3.8, 4) is 5.75 Å². The van der Waals surface area contributed by atoms with Gasteiger partial charge in [0.05, 0.1) is 16.9 Å². The molecule has 17 heteroatoms. The van der Waals surface area contributed by atoms with Crippen LogP contribution in [0.3, 0.4) is 0 Å². The van der Waals surface area contributed by atoms with Gasteiger partial charge in [-0.25, -0.2) is 19.7 Å². The molecule has 5 amide bonds. The minimum absolute atomic E-state index is 0.117. The molecule has 2 saturated heterocycles. The van der Waals surface area contributed by atoms with Crippen molar-refractivity contribution in [1.29, 1.82) is 0 Å². The summed E-state index contributed by atoms with van der Waals surface area (Å²) in [4.78, 5) is 68.7. The van der Waals surface area contributed by atoms with Crippen LogP contribution < -0.4 is 35.8 Å². The Bertz CT molecular complexity index is 1910. The predicted octanol–water partition coefficient (Wildman–Crippen LogP) is 4.35. The molecule has 2 aromatic carbocycles. The number of anilines is 5. The fraction of sp³-hybridized carbons (Fsp3) is 0.343. The number of piperazine rings is 1. The van der Waals surface area contributed by atoms with E-state index in [4.69, 9.17) is 16.3 Å². The third-order valence-corrected chi connectivity index (χ3v) is 9.72. The van der Waals surface area contributed by atoms with E-state index in [2.05, 4.69) is 46.0 Å². The van der Waals surface area contributed by atoms with Crippen LogP contribution in [-0.2, 0) is 9.59 Å². The summed E-state index contributed by atoms with van der Waals surface area (Å²) in [5, 5.41) is 12.3. The highest BCUT2D eigenvalue weighted by molar-refractivity contribution is 7.17. The number of thiazole rings is 1. The molecule has 0 spiro atoms. The average Bonchev–Trinajstić information content (AvgIpc) is 3.60. The number of urea groups is 1. The maximum atomic E-state index is 12.9. The third kappa shape index (κ3) is 9.51. The zero-order valence-electron chi connectivity index (χ0n) is 28.8. The molecule has 2 aliphatic rings. The maximum absolute atomic E-state index is 12.9. The Morgan fingerprint density at radius 3 is 2.56 bits per heavy atom. The van der Waals surface area contributed by atoms with Gasteiger partial charge in [0.15, 0.2) is 11.7 Å². The second kappa shape index (κ2) is 16.8. The van der Waals surface area contributed by atoms with Crippen LogP contribution in [0.4, 0.5) is 32.9 Å². The summed E-state index contributed by atoms with van der Waals surface area (Å²) in [6.45, 7) is 8.58. The summed E-state index contributed by atoms with van der Waals surface area (Å²) in [7, 11) is 0. The lowest BCUT2D eigenvalue weighted by Gasteiger charge is -2.35. The quantitative estimate of drug-likeness (QED) is 0.143. The van der Waals surface area contributed by atoms with Gasteiger partial charge in [0.1, 0.15) is 28.1 Å². The monoisotopic (exact) mass is 746 g/mol. The fourth-order valence-electron chi connectivity index (χ4n) is 5.75. The van der Waals surface area contributed by atoms with Crippen molar-refractivity contribution in [2.24, 2.45) is 0 Å². The number of imide groups is 1. The molecule has 4 heterocycles. The first-order valence-electron chi connectivity index (χ1n) is 16.8. The van der Waals surface area contributed by atoms with Gasteiger partial charge in [-0.3, -0.25) is 29.5 Å². The first-order chi connectivity index (χ1) is 25.1. The van der Waals surface area contributed by atoms with E-state index in [1.807, 2.05) is 32.0 Å². The lowest BCUT2D eigenvalue weighted by molar-refractivity contribution is -0.123. The van der Waals surface area contributed by atoms with Crippen molar-refractivity contribution < 1.29 is 23.9 Å². The van der Waals surface area contributed by atoms with Crippen LogP contribution in [0.1, 0.15) is 33.9 Å². The van der Waals surface area contributed by atoms with E-state index in [0.29, 0.717) is 56.9 Å². The van der Waals surface area contributed by atoms with Gasteiger partial charge in [0, 0.05) is 57.4 Å². The van der Waals surface area contributed by atoms with E-state index in [1.54, 1.807) is 30.3 Å². The topological polar surface area (TPSA) is 174 Å². The number of nitrogens with one attached hydrogen (secondary N) is 4. The molecule has 0 aliphatic carbocycles. The van der Waals surface area contributed by atoms with Crippen molar-refractivity contribution >= 4 is 74.8 Å². The molecule has 4 N–H and O–H groups in total. The van der Waals surface area contributed by atoms with Crippen molar-refractivity contribution in [1.82, 2.24) is 30.5 Å². The fourth-order valence-corrected chi connectivity index (χ4v) is 6.74. The Morgan fingerprint density at radius 1 is 1.02 bits per heavy atom. The summed E-state index contributed by atoms with van der Waals surface area (Å²) in [6, 6.07) is 13.7. The Labute approximate surface area is 309 Å². The molecular weight excluding hydrogens is 708 g/mol. The number of hydrogen-bond acceptors (Lipinski definition) is 12. The van der Waals surface area contributed by atoms with E-state index >= 15 is 0 Å². The summed E-state index contributed by atoms with van der Waals surface area (Å²) < 4.78 is 5.60. The molecule has 52 heavy (non-hydrogen) atoms. The van der Waals surface area contributed by atoms with Crippen LogP contribution in [0.2, 0.25) is 5.02 Å². The predicted molar refractivity (Wildman–Crippen MR) is 200 cm³/mol. The van der Waals surface area contributed by atoms with Crippen LogP contribution in [0.15, 0.2) is 54.7 Å². The van der Waals surface area contributed by atoms with Gasteiger partial charge in [-0.1, -0.05) is 35.1 Å². The average molecular weight is 747 g/mol. The zero-order chi connectivity index (χ0) is 36.6. The number of benzene rings is 2. The number of ether oxygens (including phenoxy) is 1. The number of amides is 5. The summed E-state index contributed by atoms with van der Waals surface area (Å²) in [5.74, 6) is 1.75. The standard InChI is InChI=1S/C35H39ClN10O5S/c1-22-5-3-6-26(36)32(22)43-33(49)27-20-38-34(52-27)41-28-19-29(40-23(2)39-28)45-17-15-44(16-18-45)13-4-12-37-31(48)21-51-25-9-7-24(8-10-25)46-14-11-30(47)42-35(46)50/h3,5-10,19-20H,4,11-18,21H2,1-2H3,(H,37,48)(H,43,49)(H,42,47,50)(H,38,39,40,41). The molecule has 2 aliphatic heterocycles. The first-order valence-corrected chi connectivity index (χ1v) is 18.0. The zero-order valence-corrected chi connectivity index (χ0v) is 30.4. The van der Waals surface area contributed by atoms with Crippen LogP contribution in [0.5, 0.6) is 5.75 Å². The van der Waals surface area contributed by atoms with Crippen molar-refractivity contribution in [2.45, 2.75) is 26.7 Å². The smallest absolute Gasteiger partial charge is 0.328 e. The molecule has 0 bridgehead atoms. The van der Waals surface area contributed by atoms with Gasteiger partial charge in [-0.05, 0) is 62.7 Å². The number of rotatable bonds is 13. The number of aromatic nitrogens is 3. The molecule has 0 radical (unpaired) electrons. The van der Waals surface area contributed by atoms with Gasteiger partial charge in [-0.15, -0.1) is 0 Å². The Kier molecular flexibility index (Phi) is 11.8. The third-order valence-electron chi connectivity index (χ3n) is 8.49. The Balaban J connectivity index is 0.897. The number of nitrogens with zero attached hydrogens (tertiary/aromatic N) is 6. The van der Waals surface area contributed by atoms with Crippen LogP contribution in [0, 0.1) is 13.8 Å². The summed E-state index contributed by atoms with van der Waals surface area (Å²) in [5.41, 5.74) is 2.09. The molecule has 0 atom stereocenters. The molecule has 2 aromatic heterocycles. The molecule has 15 nitrogen and oxygen atoms in total. The largest absolute Gasteiger partial charge is 0.484 e. The highest BCUT2D eigenvalue weighted by Crippen LogP contribution is 2.29. The SMILES string of the molecule is Cc1nc(Nc2ncc(C(=O)Nc3c(C)cccc3Cl)s2)cc(N2CCN(CCCNC(=O)COc3ccc(N4CCC(=O)NC4=O)cc3)CC2)n1. The lowest BCUT2D eigenvalue weighted by atomic mass is 10.2. The van der Waals surface area contributed by atoms with Crippen molar-refractivity contribution in [2.75, 3.05) is 72.9 Å². The molecule has 0 unspecified atom stereocenters. The van der Waals surface area contributed by atoms with Gasteiger partial charge in [0.25, 0.3) is 11.8 Å². The van der Waals surface area contributed by atoms with Gasteiger partial charge >= 0.3 is 6.03 Å². The molecule has 2 fully saturated rings. The van der Waals surface area contributed by atoms with E-state index in [1.165, 1.54) is 22.4 Å². The number of para-hydroxylation sites is 1. The number of carbonyl (C=O) groups is 4. The second-order valence-electron chi connectivity index (χ2n) is 12.3. The highest BCUT2D eigenvalue weighted by atomic mass is 35.5. The van der Waals surface area contributed by atoms with E-state index in [9.17, 15) is 19.2 Å². The van der Waals surface area contributed by atoms with E-state index in [0.717, 1.165) is 50.5 Å². The summed E-state index contributed by atoms with van der Waals surface area (Å²) in [6.07, 6.45) is 2.57. The first kappa shape index (κ1) is 36.5. The van der Waals surface area contributed by atoms with Crippen LogP contribution in [-0.4, -0.2) is 96.0 Å². The molecule has 6 rings (SSSR count). The number of aryl methyl sites for hydroxylation is 2. The lowest BCUT2D eigenvalue weighted by Crippen LogP contribution is -2.49. The minimum atomic E-state index is -0.451. The van der Waals surface area contributed by atoms with Crippen molar-refractivity contribution in [3.63, 3.8) is 0 Å². The van der Waals surface area contributed by atoms with Gasteiger partial charge in [-0.2, -0.15) is 0 Å².